The molecule has 0 unspecified atom stereocenters. The summed E-state index contributed by atoms with van der Waals surface area (Å²) in [5.74, 6) is 0.0956. The number of benzene rings is 4. The second-order valence-electron chi connectivity index (χ2n) is 6.49. The Morgan fingerprint density at radius 2 is 1.32 bits per heavy atom. The molecular formula is C19H14N2O4. The summed E-state index contributed by atoms with van der Waals surface area (Å²) in [5, 5.41) is 27.2. The highest BCUT2D eigenvalue weighted by molar-refractivity contribution is 6.26. The highest BCUT2D eigenvalue weighted by atomic mass is 16.6. The van der Waals surface area contributed by atoms with Crippen LogP contribution in [0.5, 0.6) is 0 Å². The van der Waals surface area contributed by atoms with E-state index < -0.39 is 4.92 Å². The van der Waals surface area contributed by atoms with Gasteiger partial charge in [-0.15, -0.1) is 0 Å². The molecular weight excluding hydrogens is 320 g/mol. The Kier molecular flexibility index (Phi) is 3.12. The Labute approximate surface area is 142 Å². The first-order chi connectivity index (χ1) is 11.9. The van der Waals surface area contributed by atoms with Crippen LogP contribution in [0.4, 0.5) is 11.4 Å². The van der Waals surface area contributed by atoms with Crippen molar-refractivity contribution in [3.05, 3.63) is 68.3 Å². The average Bonchev–Trinajstić information content (AvgIpc) is 2.58. The fourth-order valence-electron chi connectivity index (χ4n) is 3.68. The second kappa shape index (κ2) is 5.11. The van der Waals surface area contributed by atoms with Gasteiger partial charge in [0.25, 0.3) is 11.4 Å². The third-order valence-electron chi connectivity index (χ3n) is 4.78. The minimum atomic E-state index is -0.413. The van der Waals surface area contributed by atoms with Crippen LogP contribution in [-0.2, 0) is 0 Å². The van der Waals surface area contributed by atoms with Crippen LogP contribution in [0.1, 0.15) is 25.3 Å². The molecule has 0 fully saturated rings. The normalized spacial score (nSPS) is 11.8. The predicted molar refractivity (Wildman–Crippen MR) is 97.5 cm³/mol. The van der Waals surface area contributed by atoms with Gasteiger partial charge in [-0.2, -0.15) is 0 Å². The van der Waals surface area contributed by atoms with Gasteiger partial charge in [-0.05, 0) is 40.5 Å². The minimum Gasteiger partial charge on any atom is -0.258 e. The number of hydrogen-bond donors (Lipinski definition) is 0. The summed E-state index contributed by atoms with van der Waals surface area (Å²) in [7, 11) is 0. The van der Waals surface area contributed by atoms with Crippen molar-refractivity contribution < 1.29 is 9.85 Å². The first kappa shape index (κ1) is 15.3. The van der Waals surface area contributed by atoms with Crippen LogP contribution in [0.25, 0.3) is 32.3 Å². The van der Waals surface area contributed by atoms with E-state index in [2.05, 4.69) is 0 Å². The lowest BCUT2D eigenvalue weighted by atomic mass is 9.87. The van der Waals surface area contributed by atoms with Crippen LogP contribution in [0.2, 0.25) is 0 Å². The summed E-state index contributed by atoms with van der Waals surface area (Å²) in [6.07, 6.45) is 0. The van der Waals surface area contributed by atoms with Gasteiger partial charge in [-0.1, -0.05) is 26.0 Å². The molecule has 0 radical (unpaired) electrons. The molecule has 0 aliphatic heterocycles. The highest BCUT2D eigenvalue weighted by Gasteiger charge is 2.23. The monoisotopic (exact) mass is 334 g/mol. The maximum atomic E-state index is 11.6. The van der Waals surface area contributed by atoms with Gasteiger partial charge in [-0.3, -0.25) is 20.2 Å². The molecule has 0 aliphatic carbocycles. The summed E-state index contributed by atoms with van der Waals surface area (Å²) in [6, 6.07) is 11.9. The second-order valence-corrected chi connectivity index (χ2v) is 6.49. The average molecular weight is 334 g/mol. The summed E-state index contributed by atoms with van der Waals surface area (Å²) in [6.45, 7) is 3.97. The van der Waals surface area contributed by atoms with Crippen molar-refractivity contribution in [1.29, 1.82) is 0 Å². The van der Waals surface area contributed by atoms with Crippen LogP contribution in [0.15, 0.2) is 42.5 Å². The molecule has 25 heavy (non-hydrogen) atoms. The van der Waals surface area contributed by atoms with Gasteiger partial charge < -0.3 is 0 Å². The van der Waals surface area contributed by atoms with E-state index in [0.717, 1.165) is 27.1 Å². The van der Waals surface area contributed by atoms with Crippen molar-refractivity contribution in [2.75, 3.05) is 0 Å². The van der Waals surface area contributed by atoms with E-state index in [1.807, 2.05) is 19.9 Å². The van der Waals surface area contributed by atoms with Crippen molar-refractivity contribution in [1.82, 2.24) is 0 Å². The Morgan fingerprint density at radius 3 is 1.96 bits per heavy atom. The van der Waals surface area contributed by atoms with E-state index in [4.69, 9.17) is 0 Å². The molecule has 0 atom stereocenters. The molecule has 124 valence electrons. The van der Waals surface area contributed by atoms with E-state index in [1.54, 1.807) is 30.3 Å². The number of hydrogen-bond acceptors (Lipinski definition) is 4. The third kappa shape index (κ3) is 2.04. The van der Waals surface area contributed by atoms with Gasteiger partial charge in [-0.25, -0.2) is 0 Å². The Balaban J connectivity index is 2.34. The first-order valence-corrected chi connectivity index (χ1v) is 7.93. The predicted octanol–water partition coefficient (Wildman–Crippen LogP) is 5.52. The van der Waals surface area contributed by atoms with Gasteiger partial charge in [0.05, 0.1) is 20.6 Å². The molecule has 0 saturated heterocycles. The molecule has 0 aromatic heterocycles. The zero-order chi connectivity index (χ0) is 17.9. The fourth-order valence-corrected chi connectivity index (χ4v) is 3.68. The Hall–Kier alpha value is -3.28. The molecule has 6 nitrogen and oxygen atoms in total. The van der Waals surface area contributed by atoms with Gasteiger partial charge >= 0.3 is 0 Å². The third-order valence-corrected chi connectivity index (χ3v) is 4.78. The molecule has 0 amide bonds. The van der Waals surface area contributed by atoms with Crippen molar-refractivity contribution in [3.8, 4) is 0 Å². The lowest BCUT2D eigenvalue weighted by Crippen LogP contribution is -1.98. The molecule has 4 rings (SSSR count). The molecule has 0 spiro atoms. The lowest BCUT2D eigenvalue weighted by Gasteiger charge is -2.16. The molecule has 0 saturated carbocycles. The van der Waals surface area contributed by atoms with Crippen molar-refractivity contribution in [2.45, 2.75) is 19.8 Å². The molecule has 4 aromatic rings. The van der Waals surface area contributed by atoms with Crippen molar-refractivity contribution >= 4 is 43.7 Å². The van der Waals surface area contributed by atoms with E-state index in [0.29, 0.717) is 10.8 Å². The Bertz CT molecular complexity index is 1180. The SMILES string of the molecule is CC(C)c1cc([N+](=O)[O-])c2ccc3ccc([N+](=O)[O-])c4ccc1c2c34. The van der Waals surface area contributed by atoms with Crippen LogP contribution >= 0.6 is 0 Å². The van der Waals surface area contributed by atoms with E-state index in [-0.39, 0.29) is 22.2 Å². The van der Waals surface area contributed by atoms with Gasteiger partial charge in [0.2, 0.25) is 0 Å². The zero-order valence-electron chi connectivity index (χ0n) is 13.6. The van der Waals surface area contributed by atoms with E-state index in [9.17, 15) is 20.2 Å². The minimum absolute atomic E-state index is 0.0134. The summed E-state index contributed by atoms with van der Waals surface area (Å²) in [4.78, 5) is 22.2. The highest BCUT2D eigenvalue weighted by Crippen LogP contribution is 2.43. The van der Waals surface area contributed by atoms with Crippen LogP contribution < -0.4 is 0 Å². The smallest absolute Gasteiger partial charge is 0.258 e. The molecule has 0 bridgehead atoms. The fraction of sp³-hybridized carbons (Fsp3) is 0.158. The van der Waals surface area contributed by atoms with Gasteiger partial charge in [0.15, 0.2) is 0 Å². The topological polar surface area (TPSA) is 86.3 Å². The standard InChI is InChI=1S/C19H14N2O4/c1-10(2)15-9-17(21(24)25)14-5-3-11-4-8-16(20(22)23)13-7-6-12(15)19(14)18(11)13/h3-10H,1-2H3. The number of non-ortho nitro benzene ring substituents is 2. The van der Waals surface area contributed by atoms with Gasteiger partial charge in [0, 0.05) is 22.9 Å². The van der Waals surface area contributed by atoms with Crippen LogP contribution in [0, 0.1) is 20.2 Å². The zero-order valence-corrected chi connectivity index (χ0v) is 13.6. The van der Waals surface area contributed by atoms with E-state index in [1.165, 1.54) is 6.07 Å². The van der Waals surface area contributed by atoms with E-state index >= 15 is 0 Å². The van der Waals surface area contributed by atoms with Gasteiger partial charge in [0.1, 0.15) is 0 Å². The van der Waals surface area contributed by atoms with Crippen molar-refractivity contribution in [2.24, 2.45) is 0 Å². The van der Waals surface area contributed by atoms with Crippen LogP contribution in [0.3, 0.4) is 0 Å². The molecule has 4 aromatic carbocycles. The number of nitro groups is 2. The summed E-state index contributed by atoms with van der Waals surface area (Å²) in [5.41, 5.74) is 0.928. The lowest BCUT2D eigenvalue weighted by molar-refractivity contribution is -0.383. The molecule has 6 heteroatoms. The van der Waals surface area contributed by atoms with Crippen molar-refractivity contribution in [3.63, 3.8) is 0 Å². The molecule has 0 aliphatic rings. The first-order valence-electron chi connectivity index (χ1n) is 7.93. The maximum absolute atomic E-state index is 11.6. The number of rotatable bonds is 3. The Morgan fingerprint density at radius 1 is 0.760 bits per heavy atom. The molecule has 0 heterocycles. The van der Waals surface area contributed by atoms with Crippen LogP contribution in [-0.4, -0.2) is 9.85 Å². The maximum Gasteiger partial charge on any atom is 0.277 e. The largest absolute Gasteiger partial charge is 0.277 e. The summed E-state index contributed by atoms with van der Waals surface area (Å²) < 4.78 is 0. The number of nitro benzene ring substituents is 2. The quantitative estimate of drug-likeness (QED) is 0.280. The summed E-state index contributed by atoms with van der Waals surface area (Å²) >= 11 is 0. The molecule has 0 N–H and O–H groups in total. The number of nitrogens with zero attached hydrogens (tertiary/aromatic N) is 2.